The van der Waals surface area contributed by atoms with Crippen molar-refractivity contribution in [1.82, 2.24) is 10.2 Å². The normalized spacial score (nSPS) is 16.9. The Balaban J connectivity index is 1.89. The van der Waals surface area contributed by atoms with Crippen molar-refractivity contribution in [2.24, 2.45) is 0 Å². The Hall–Kier alpha value is -3.55. The molecule has 156 valence electrons. The summed E-state index contributed by atoms with van der Waals surface area (Å²) in [5.74, 6) is -0.167. The topological polar surface area (TPSA) is 88.2 Å². The van der Waals surface area contributed by atoms with Gasteiger partial charge in [-0.3, -0.25) is 19.3 Å². The molecule has 8 heteroatoms. The summed E-state index contributed by atoms with van der Waals surface area (Å²) < 4.78 is 10.8. The number of nitrogens with zero attached hydrogens (tertiary/aromatic N) is 2. The summed E-state index contributed by atoms with van der Waals surface area (Å²) in [6, 6.07) is 10.3. The van der Waals surface area contributed by atoms with E-state index in [2.05, 4.69) is 5.32 Å². The standard InChI is InChI=1S/C22H23N3O5/c1-12(2)23-17(26)11-24-20-14-9-10-16(29-3)19(30-4)18(14)22(28)25(20)15-8-6-5-7-13(15)21(24)27/h5-10,12,20H,11H2,1-4H3,(H,23,26)/t20-/m0/s1. The number of para-hydroxylation sites is 1. The second-order valence-corrected chi connectivity index (χ2v) is 7.49. The molecule has 2 aliphatic heterocycles. The summed E-state index contributed by atoms with van der Waals surface area (Å²) in [5, 5.41) is 2.81. The number of methoxy groups -OCH3 is 2. The van der Waals surface area contributed by atoms with E-state index >= 15 is 0 Å². The number of ether oxygens (including phenoxy) is 2. The van der Waals surface area contributed by atoms with Gasteiger partial charge in [-0.15, -0.1) is 0 Å². The van der Waals surface area contributed by atoms with Crippen LogP contribution in [0.25, 0.3) is 0 Å². The third kappa shape index (κ3) is 2.87. The van der Waals surface area contributed by atoms with Gasteiger partial charge in [0.1, 0.15) is 12.7 Å². The van der Waals surface area contributed by atoms with Crippen LogP contribution in [0.2, 0.25) is 0 Å². The highest BCUT2D eigenvalue weighted by Crippen LogP contribution is 2.49. The second kappa shape index (κ2) is 7.37. The molecule has 2 heterocycles. The average molecular weight is 409 g/mol. The van der Waals surface area contributed by atoms with Crippen LogP contribution in [-0.4, -0.2) is 49.4 Å². The van der Waals surface area contributed by atoms with Gasteiger partial charge in [0.25, 0.3) is 11.8 Å². The Kier molecular flexibility index (Phi) is 4.85. The molecule has 1 atom stereocenters. The van der Waals surface area contributed by atoms with E-state index in [1.165, 1.54) is 19.1 Å². The quantitative estimate of drug-likeness (QED) is 0.819. The van der Waals surface area contributed by atoms with Crippen LogP contribution in [0.5, 0.6) is 11.5 Å². The van der Waals surface area contributed by atoms with Gasteiger partial charge in [0.05, 0.1) is 31.0 Å². The van der Waals surface area contributed by atoms with E-state index < -0.39 is 6.17 Å². The van der Waals surface area contributed by atoms with Crippen LogP contribution in [-0.2, 0) is 4.79 Å². The molecule has 0 saturated heterocycles. The molecule has 1 N–H and O–H groups in total. The maximum absolute atomic E-state index is 13.5. The predicted octanol–water partition coefficient (Wildman–Crippen LogP) is 2.34. The Morgan fingerprint density at radius 3 is 2.47 bits per heavy atom. The Bertz CT molecular complexity index is 1050. The molecule has 0 fully saturated rings. The van der Waals surface area contributed by atoms with Crippen LogP contribution in [0.3, 0.4) is 0 Å². The molecule has 0 aliphatic carbocycles. The fraction of sp³-hybridized carbons (Fsp3) is 0.318. The monoisotopic (exact) mass is 409 g/mol. The molecule has 3 amide bonds. The lowest BCUT2D eigenvalue weighted by Gasteiger charge is -2.40. The van der Waals surface area contributed by atoms with Gasteiger partial charge in [0.2, 0.25) is 5.91 Å². The minimum Gasteiger partial charge on any atom is -0.493 e. The van der Waals surface area contributed by atoms with Crippen molar-refractivity contribution in [3.63, 3.8) is 0 Å². The number of fused-ring (bicyclic) bond motifs is 5. The van der Waals surface area contributed by atoms with Crippen molar-refractivity contribution < 1.29 is 23.9 Å². The molecule has 0 saturated carbocycles. The zero-order valence-corrected chi connectivity index (χ0v) is 17.3. The maximum Gasteiger partial charge on any atom is 0.264 e. The molecule has 8 nitrogen and oxygen atoms in total. The molecule has 4 rings (SSSR count). The smallest absolute Gasteiger partial charge is 0.264 e. The number of rotatable bonds is 5. The number of anilines is 1. The second-order valence-electron chi connectivity index (χ2n) is 7.49. The minimum absolute atomic E-state index is 0.0670. The first-order valence-corrected chi connectivity index (χ1v) is 9.66. The van der Waals surface area contributed by atoms with Gasteiger partial charge >= 0.3 is 0 Å². The Morgan fingerprint density at radius 1 is 1.07 bits per heavy atom. The zero-order valence-electron chi connectivity index (χ0n) is 17.3. The van der Waals surface area contributed by atoms with Crippen molar-refractivity contribution >= 4 is 23.4 Å². The lowest BCUT2D eigenvalue weighted by atomic mass is 10.0. The largest absolute Gasteiger partial charge is 0.493 e. The molecule has 2 aromatic rings. The van der Waals surface area contributed by atoms with Gasteiger partial charge < -0.3 is 19.7 Å². The zero-order chi connectivity index (χ0) is 21.6. The fourth-order valence-electron chi connectivity index (χ4n) is 4.11. The van der Waals surface area contributed by atoms with E-state index in [0.717, 1.165) is 0 Å². The number of amides is 3. The van der Waals surface area contributed by atoms with Crippen LogP contribution >= 0.6 is 0 Å². The van der Waals surface area contributed by atoms with Crippen LogP contribution in [0.1, 0.15) is 46.3 Å². The highest BCUT2D eigenvalue weighted by molar-refractivity contribution is 6.18. The van der Waals surface area contributed by atoms with Gasteiger partial charge in [-0.25, -0.2) is 0 Å². The summed E-state index contributed by atoms with van der Waals surface area (Å²) >= 11 is 0. The number of carbonyl (C=O) groups excluding carboxylic acids is 3. The van der Waals surface area contributed by atoms with E-state index in [1.54, 1.807) is 41.3 Å². The van der Waals surface area contributed by atoms with Crippen LogP contribution in [0, 0.1) is 0 Å². The maximum atomic E-state index is 13.5. The Labute approximate surface area is 174 Å². The van der Waals surface area contributed by atoms with Crippen molar-refractivity contribution in [3.05, 3.63) is 53.1 Å². The average Bonchev–Trinajstić information content (AvgIpc) is 3.02. The molecule has 2 aromatic carbocycles. The number of hydrogen-bond donors (Lipinski definition) is 1. The molecule has 2 aliphatic rings. The SMILES string of the molecule is COc1ccc2c(c1OC)C(=O)N1c3ccccc3C(=O)N(CC(=O)NC(C)C)[C@H]21. The molecule has 0 bridgehead atoms. The molecule has 0 aromatic heterocycles. The van der Waals surface area contributed by atoms with Crippen LogP contribution in [0.15, 0.2) is 36.4 Å². The predicted molar refractivity (Wildman–Crippen MR) is 110 cm³/mol. The van der Waals surface area contributed by atoms with E-state index in [-0.39, 0.29) is 30.3 Å². The highest BCUT2D eigenvalue weighted by Gasteiger charge is 2.50. The lowest BCUT2D eigenvalue weighted by molar-refractivity contribution is -0.122. The fourth-order valence-corrected chi connectivity index (χ4v) is 4.11. The van der Waals surface area contributed by atoms with E-state index in [4.69, 9.17) is 9.47 Å². The van der Waals surface area contributed by atoms with Crippen molar-refractivity contribution in [2.75, 3.05) is 25.7 Å². The van der Waals surface area contributed by atoms with Gasteiger partial charge in [-0.05, 0) is 32.0 Å². The van der Waals surface area contributed by atoms with Crippen molar-refractivity contribution in [1.29, 1.82) is 0 Å². The van der Waals surface area contributed by atoms with Crippen LogP contribution in [0.4, 0.5) is 5.69 Å². The van der Waals surface area contributed by atoms with Crippen LogP contribution < -0.4 is 19.7 Å². The number of benzene rings is 2. The van der Waals surface area contributed by atoms with Gasteiger partial charge in [0.15, 0.2) is 11.5 Å². The number of carbonyl (C=O) groups is 3. The molecule has 0 radical (unpaired) electrons. The summed E-state index contributed by atoms with van der Waals surface area (Å²) in [6.45, 7) is 3.53. The summed E-state index contributed by atoms with van der Waals surface area (Å²) in [4.78, 5) is 42.3. The third-order valence-corrected chi connectivity index (χ3v) is 5.25. The Morgan fingerprint density at radius 2 is 1.80 bits per heavy atom. The minimum atomic E-state index is -0.743. The summed E-state index contributed by atoms with van der Waals surface area (Å²) in [5.41, 5.74) is 1.81. The number of hydrogen-bond acceptors (Lipinski definition) is 5. The first-order valence-electron chi connectivity index (χ1n) is 9.66. The molecular formula is C22H23N3O5. The van der Waals surface area contributed by atoms with E-state index in [9.17, 15) is 14.4 Å². The molecule has 0 unspecified atom stereocenters. The van der Waals surface area contributed by atoms with E-state index in [0.29, 0.717) is 33.9 Å². The lowest BCUT2D eigenvalue weighted by Crippen LogP contribution is -2.52. The first kappa shape index (κ1) is 19.8. The molecule has 30 heavy (non-hydrogen) atoms. The summed E-state index contributed by atoms with van der Waals surface area (Å²) in [7, 11) is 2.97. The van der Waals surface area contributed by atoms with Gasteiger partial charge in [-0.2, -0.15) is 0 Å². The van der Waals surface area contributed by atoms with Crippen molar-refractivity contribution in [2.45, 2.75) is 26.1 Å². The van der Waals surface area contributed by atoms with Gasteiger partial charge in [-0.1, -0.05) is 18.2 Å². The third-order valence-electron chi connectivity index (χ3n) is 5.25. The first-order chi connectivity index (χ1) is 14.4. The van der Waals surface area contributed by atoms with E-state index in [1.807, 2.05) is 13.8 Å². The summed E-state index contributed by atoms with van der Waals surface area (Å²) in [6.07, 6.45) is -0.743. The highest BCUT2D eigenvalue weighted by atomic mass is 16.5. The van der Waals surface area contributed by atoms with Gasteiger partial charge in [0, 0.05) is 11.6 Å². The number of nitrogens with one attached hydrogen (secondary N) is 1. The molecule has 0 spiro atoms. The molecular weight excluding hydrogens is 386 g/mol. The van der Waals surface area contributed by atoms with Crippen molar-refractivity contribution in [3.8, 4) is 11.5 Å².